The van der Waals surface area contributed by atoms with Crippen LogP contribution in [0.2, 0.25) is 0 Å². The van der Waals surface area contributed by atoms with Gasteiger partial charge in [0.05, 0.1) is 10.6 Å². The van der Waals surface area contributed by atoms with Crippen LogP contribution in [0.15, 0.2) is 52.1 Å². The Labute approximate surface area is 153 Å². The molecule has 1 aromatic heterocycles. The summed E-state index contributed by atoms with van der Waals surface area (Å²) in [6.45, 7) is 0. The molecule has 2 rings (SSSR count). The van der Waals surface area contributed by atoms with E-state index in [4.69, 9.17) is 0 Å². The first kappa shape index (κ1) is 19.5. The van der Waals surface area contributed by atoms with Gasteiger partial charge in [0.25, 0.3) is 0 Å². The van der Waals surface area contributed by atoms with Gasteiger partial charge in [0.2, 0.25) is 0 Å². The molecule has 0 aliphatic rings. The Bertz CT molecular complexity index is 764. The van der Waals surface area contributed by atoms with E-state index >= 15 is 0 Å². The maximum Gasteiger partial charge on any atom is 0.417 e. The number of pyridine rings is 1. The number of rotatable bonds is 6. The van der Waals surface area contributed by atoms with Crippen LogP contribution in [0.25, 0.3) is 0 Å². The molecule has 0 fully saturated rings. The van der Waals surface area contributed by atoms with Crippen LogP contribution in [0.5, 0.6) is 0 Å². The number of carboxylic acid groups (broad SMARTS) is 1. The van der Waals surface area contributed by atoms with Gasteiger partial charge in [0.1, 0.15) is 5.25 Å². The number of alkyl halides is 3. The van der Waals surface area contributed by atoms with Crippen LogP contribution in [-0.2, 0) is 11.0 Å². The second-order valence-electron chi connectivity index (χ2n) is 4.96. The van der Waals surface area contributed by atoms with Gasteiger partial charge in [0, 0.05) is 22.7 Å². The Balaban J connectivity index is 2.09. The van der Waals surface area contributed by atoms with Gasteiger partial charge in [-0.2, -0.15) is 13.2 Å². The Morgan fingerprint density at radius 1 is 1.16 bits per heavy atom. The van der Waals surface area contributed by atoms with Crippen LogP contribution in [0, 0.1) is 0 Å². The summed E-state index contributed by atoms with van der Waals surface area (Å²) in [7, 11) is 0. The number of ketones is 1. The molecule has 1 N–H and O–H groups in total. The topological polar surface area (TPSA) is 67.3 Å². The molecule has 1 atom stereocenters. The fourth-order valence-electron chi connectivity index (χ4n) is 1.86. The van der Waals surface area contributed by atoms with Gasteiger partial charge < -0.3 is 5.11 Å². The SMILES string of the molecule is O=C(CC(Sc1ccc(C(F)(F)F)cn1)C(=O)O)c1ccc(Br)cc1. The highest BCUT2D eigenvalue weighted by Crippen LogP contribution is 2.31. The number of hydrogen-bond acceptors (Lipinski definition) is 4. The predicted octanol–water partition coefficient (Wildman–Crippen LogP) is 4.68. The summed E-state index contributed by atoms with van der Waals surface area (Å²) in [5, 5.41) is 8.22. The molecule has 2 aromatic rings. The first-order valence-corrected chi connectivity index (χ1v) is 8.55. The third-order valence-electron chi connectivity index (χ3n) is 3.14. The zero-order valence-corrected chi connectivity index (χ0v) is 14.9. The quantitative estimate of drug-likeness (QED) is 0.528. The highest BCUT2D eigenvalue weighted by Gasteiger charge is 2.31. The fourth-order valence-corrected chi connectivity index (χ4v) is 3.02. The number of Topliss-reactive ketones (excluding diaryl/α,β-unsaturated/α-hetero) is 1. The van der Waals surface area contributed by atoms with E-state index in [0.29, 0.717) is 11.8 Å². The van der Waals surface area contributed by atoms with E-state index in [9.17, 15) is 27.9 Å². The van der Waals surface area contributed by atoms with Crippen LogP contribution < -0.4 is 0 Å². The minimum Gasteiger partial charge on any atom is -0.480 e. The number of thioether (sulfide) groups is 1. The number of aromatic nitrogens is 1. The minimum atomic E-state index is -4.51. The van der Waals surface area contributed by atoms with Crippen LogP contribution in [0.3, 0.4) is 0 Å². The molecule has 9 heteroatoms. The van der Waals surface area contributed by atoms with Gasteiger partial charge in [-0.15, -0.1) is 0 Å². The van der Waals surface area contributed by atoms with Crippen LogP contribution in [0.4, 0.5) is 13.2 Å². The van der Waals surface area contributed by atoms with Gasteiger partial charge in [-0.3, -0.25) is 9.59 Å². The second-order valence-corrected chi connectivity index (χ2v) is 7.10. The molecule has 4 nitrogen and oxygen atoms in total. The van der Waals surface area contributed by atoms with Crippen molar-refractivity contribution < 1.29 is 27.9 Å². The molecule has 25 heavy (non-hydrogen) atoms. The number of halogens is 4. The third kappa shape index (κ3) is 5.57. The number of carboxylic acids is 1. The monoisotopic (exact) mass is 433 g/mol. The Kier molecular flexibility index (Phi) is 6.23. The van der Waals surface area contributed by atoms with E-state index in [-0.39, 0.29) is 17.2 Å². The summed E-state index contributed by atoms with van der Waals surface area (Å²) >= 11 is 3.97. The molecule has 0 radical (unpaired) electrons. The molecule has 0 aliphatic heterocycles. The molecule has 0 saturated carbocycles. The van der Waals surface area contributed by atoms with Crippen molar-refractivity contribution in [2.75, 3.05) is 0 Å². The molecular formula is C16H11BrF3NO3S. The van der Waals surface area contributed by atoms with Crippen molar-refractivity contribution in [1.29, 1.82) is 0 Å². The maximum absolute atomic E-state index is 12.5. The summed E-state index contributed by atoms with van der Waals surface area (Å²) in [5.41, 5.74) is -0.565. The van der Waals surface area contributed by atoms with E-state index in [1.165, 1.54) is 0 Å². The molecule has 1 aromatic carbocycles. The fraction of sp³-hybridized carbons (Fsp3) is 0.188. The van der Waals surface area contributed by atoms with E-state index in [1.54, 1.807) is 24.3 Å². The van der Waals surface area contributed by atoms with Crippen molar-refractivity contribution >= 4 is 39.4 Å². The summed E-state index contributed by atoms with van der Waals surface area (Å²) in [5.74, 6) is -1.61. The molecule has 1 unspecified atom stereocenters. The molecular weight excluding hydrogens is 423 g/mol. The predicted molar refractivity (Wildman–Crippen MR) is 89.6 cm³/mol. The lowest BCUT2D eigenvalue weighted by Gasteiger charge is -2.12. The van der Waals surface area contributed by atoms with Gasteiger partial charge in [0.15, 0.2) is 5.78 Å². The smallest absolute Gasteiger partial charge is 0.417 e. The minimum absolute atomic E-state index is 0.101. The average molecular weight is 434 g/mol. The normalized spacial score (nSPS) is 12.6. The highest BCUT2D eigenvalue weighted by atomic mass is 79.9. The standard InChI is InChI=1S/C16H11BrF3NO3S/c17-11-4-1-9(2-5-11)12(22)7-13(15(23)24)25-14-6-3-10(8-21-14)16(18,19)20/h1-6,8,13H,7H2,(H,23,24). The van der Waals surface area contributed by atoms with Crippen molar-refractivity contribution in [2.45, 2.75) is 22.9 Å². The number of carbonyl (C=O) groups is 2. The van der Waals surface area contributed by atoms with Gasteiger partial charge in [-0.05, 0) is 24.3 Å². The third-order valence-corrected chi connectivity index (χ3v) is 4.80. The second kappa shape index (κ2) is 8.01. The zero-order chi connectivity index (χ0) is 18.6. The number of aliphatic carboxylic acids is 1. The largest absolute Gasteiger partial charge is 0.480 e. The summed E-state index contributed by atoms with van der Waals surface area (Å²) < 4.78 is 38.3. The summed E-state index contributed by atoms with van der Waals surface area (Å²) in [6, 6.07) is 8.36. The molecule has 0 amide bonds. The molecule has 1 heterocycles. The molecule has 132 valence electrons. The molecule has 0 saturated heterocycles. The molecule has 0 aliphatic carbocycles. The summed E-state index contributed by atoms with van der Waals surface area (Å²) in [4.78, 5) is 27.2. The highest BCUT2D eigenvalue weighted by molar-refractivity contribution is 9.10. The van der Waals surface area contributed by atoms with Gasteiger partial charge in [-0.25, -0.2) is 4.98 Å². The van der Waals surface area contributed by atoms with E-state index in [0.717, 1.165) is 28.4 Å². The number of nitrogens with zero attached hydrogens (tertiary/aromatic N) is 1. The Morgan fingerprint density at radius 2 is 1.80 bits per heavy atom. The van der Waals surface area contributed by atoms with E-state index in [2.05, 4.69) is 20.9 Å². The van der Waals surface area contributed by atoms with E-state index in [1.807, 2.05) is 0 Å². The van der Waals surface area contributed by atoms with Crippen molar-refractivity contribution in [3.8, 4) is 0 Å². The number of hydrogen-bond donors (Lipinski definition) is 1. The van der Waals surface area contributed by atoms with Crippen molar-refractivity contribution in [2.24, 2.45) is 0 Å². The summed E-state index contributed by atoms with van der Waals surface area (Å²) in [6.07, 6.45) is -4.18. The van der Waals surface area contributed by atoms with Crippen molar-refractivity contribution in [3.05, 3.63) is 58.2 Å². The number of carbonyl (C=O) groups excluding carboxylic acids is 1. The van der Waals surface area contributed by atoms with Crippen LogP contribution in [-0.4, -0.2) is 27.1 Å². The van der Waals surface area contributed by atoms with Crippen LogP contribution in [0.1, 0.15) is 22.3 Å². The Morgan fingerprint density at radius 3 is 2.28 bits per heavy atom. The first-order valence-electron chi connectivity index (χ1n) is 6.88. The lowest BCUT2D eigenvalue weighted by atomic mass is 10.1. The van der Waals surface area contributed by atoms with Gasteiger partial charge in [-0.1, -0.05) is 39.8 Å². The molecule has 0 spiro atoms. The van der Waals surface area contributed by atoms with Gasteiger partial charge >= 0.3 is 12.1 Å². The van der Waals surface area contributed by atoms with Crippen molar-refractivity contribution in [1.82, 2.24) is 4.98 Å². The van der Waals surface area contributed by atoms with E-state index < -0.39 is 23.0 Å². The van der Waals surface area contributed by atoms with Crippen molar-refractivity contribution in [3.63, 3.8) is 0 Å². The Hall–Kier alpha value is -1.87. The maximum atomic E-state index is 12.5. The lowest BCUT2D eigenvalue weighted by Crippen LogP contribution is -2.20. The van der Waals surface area contributed by atoms with Crippen LogP contribution >= 0.6 is 27.7 Å². The molecule has 0 bridgehead atoms. The zero-order valence-electron chi connectivity index (χ0n) is 12.5. The number of benzene rings is 1. The first-order chi connectivity index (χ1) is 11.7. The average Bonchev–Trinajstić information content (AvgIpc) is 2.54. The lowest BCUT2D eigenvalue weighted by molar-refractivity contribution is -0.138.